The summed E-state index contributed by atoms with van der Waals surface area (Å²) >= 11 is 0. The lowest BCUT2D eigenvalue weighted by Crippen LogP contribution is -1.99. The van der Waals surface area contributed by atoms with Gasteiger partial charge in [0, 0.05) is 6.07 Å². The number of carbonyl (C=O) groups is 1. The molecule has 0 aliphatic heterocycles. The van der Waals surface area contributed by atoms with Crippen LogP contribution >= 0.6 is 0 Å². The van der Waals surface area contributed by atoms with Gasteiger partial charge >= 0.3 is 0 Å². The van der Waals surface area contributed by atoms with Crippen LogP contribution in [0.2, 0.25) is 0 Å². The molecule has 0 saturated carbocycles. The van der Waals surface area contributed by atoms with E-state index in [1.54, 1.807) is 18.3 Å². The van der Waals surface area contributed by atoms with Crippen LogP contribution in [0.25, 0.3) is 0 Å². The summed E-state index contributed by atoms with van der Waals surface area (Å²) in [5.74, 6) is 1.22. The molecule has 0 saturated heterocycles. The van der Waals surface area contributed by atoms with Crippen molar-refractivity contribution in [3.63, 3.8) is 0 Å². The van der Waals surface area contributed by atoms with Crippen molar-refractivity contribution in [3.05, 3.63) is 47.3 Å². The summed E-state index contributed by atoms with van der Waals surface area (Å²) in [5.41, 5.74) is 1.46. The van der Waals surface area contributed by atoms with Crippen LogP contribution in [0.1, 0.15) is 21.7 Å². The molecule has 1 heterocycles. The maximum absolute atomic E-state index is 10.8. The Hall–Kier alpha value is -2.10. The highest BCUT2D eigenvalue weighted by atomic mass is 16.5. The van der Waals surface area contributed by atoms with Gasteiger partial charge in [-0.2, -0.15) is 0 Å². The van der Waals surface area contributed by atoms with Crippen molar-refractivity contribution in [1.29, 1.82) is 0 Å². The number of aldehydes is 1. The molecule has 16 heavy (non-hydrogen) atoms. The Labute approximate surface area is 92.8 Å². The van der Waals surface area contributed by atoms with Crippen molar-refractivity contribution < 1.29 is 14.1 Å². The van der Waals surface area contributed by atoms with Crippen molar-refractivity contribution in [2.24, 2.45) is 0 Å². The molecule has 4 heteroatoms. The molecule has 0 unspecified atom stereocenters. The predicted octanol–water partition coefficient (Wildman–Crippen LogP) is 2.37. The zero-order valence-electron chi connectivity index (χ0n) is 8.84. The van der Waals surface area contributed by atoms with E-state index in [1.165, 1.54) is 0 Å². The maximum Gasteiger partial charge on any atom is 0.174 e. The van der Waals surface area contributed by atoms with Crippen molar-refractivity contribution in [2.45, 2.75) is 13.5 Å². The highest BCUT2D eigenvalue weighted by Crippen LogP contribution is 2.22. The van der Waals surface area contributed by atoms with Crippen molar-refractivity contribution in [1.82, 2.24) is 5.16 Å². The quantitative estimate of drug-likeness (QED) is 0.738. The van der Waals surface area contributed by atoms with Crippen LogP contribution in [0, 0.1) is 6.92 Å². The molecule has 0 bridgehead atoms. The number of nitrogens with zero attached hydrogens (tertiary/aromatic N) is 1. The van der Waals surface area contributed by atoms with E-state index in [2.05, 4.69) is 5.16 Å². The van der Waals surface area contributed by atoms with E-state index < -0.39 is 0 Å². The van der Waals surface area contributed by atoms with Crippen LogP contribution < -0.4 is 4.74 Å². The third kappa shape index (κ3) is 2.11. The van der Waals surface area contributed by atoms with Gasteiger partial charge in [0.25, 0.3) is 0 Å². The van der Waals surface area contributed by atoms with Gasteiger partial charge in [-0.1, -0.05) is 17.3 Å². The van der Waals surface area contributed by atoms with Crippen LogP contribution in [0.5, 0.6) is 5.75 Å². The first-order chi connectivity index (χ1) is 7.81. The minimum Gasteiger partial charge on any atom is -0.485 e. The first-order valence-electron chi connectivity index (χ1n) is 4.88. The largest absolute Gasteiger partial charge is 0.485 e. The smallest absolute Gasteiger partial charge is 0.174 e. The maximum atomic E-state index is 10.8. The summed E-state index contributed by atoms with van der Waals surface area (Å²) in [6, 6.07) is 7.15. The number of aromatic nitrogens is 1. The van der Waals surface area contributed by atoms with E-state index in [4.69, 9.17) is 9.26 Å². The minimum absolute atomic E-state index is 0.270. The van der Waals surface area contributed by atoms with Crippen LogP contribution in [0.4, 0.5) is 0 Å². The summed E-state index contributed by atoms with van der Waals surface area (Å²) in [5, 5.41) is 3.57. The number of para-hydroxylation sites is 1. The molecule has 2 aromatic rings. The van der Waals surface area contributed by atoms with Crippen molar-refractivity contribution in [3.8, 4) is 5.75 Å². The molecule has 2 rings (SSSR count). The minimum atomic E-state index is 0.270. The first-order valence-corrected chi connectivity index (χ1v) is 4.88. The number of hydrogen-bond acceptors (Lipinski definition) is 4. The molecule has 0 spiro atoms. The average molecular weight is 217 g/mol. The third-order valence-corrected chi connectivity index (χ3v) is 2.22. The Bertz CT molecular complexity index is 477. The number of carbonyl (C=O) groups excluding carboxylic acids is 1. The van der Waals surface area contributed by atoms with Crippen LogP contribution in [-0.2, 0) is 6.61 Å². The Morgan fingerprint density at radius 2 is 2.31 bits per heavy atom. The summed E-state index contributed by atoms with van der Waals surface area (Å²) in [7, 11) is 0. The molecule has 0 aliphatic carbocycles. The molecule has 0 atom stereocenters. The first kappa shape index (κ1) is 10.4. The third-order valence-electron chi connectivity index (χ3n) is 2.22. The van der Waals surface area contributed by atoms with Gasteiger partial charge in [0.05, 0.1) is 11.8 Å². The molecule has 0 fully saturated rings. The fourth-order valence-electron chi connectivity index (χ4n) is 1.43. The Morgan fingerprint density at radius 3 is 3.00 bits per heavy atom. The van der Waals surface area contributed by atoms with Crippen molar-refractivity contribution >= 4 is 6.29 Å². The fraction of sp³-hybridized carbons (Fsp3) is 0.167. The number of hydrogen-bond donors (Lipinski definition) is 0. The summed E-state index contributed by atoms with van der Waals surface area (Å²) in [6.45, 7) is 2.16. The Kier molecular flexibility index (Phi) is 3.00. The van der Waals surface area contributed by atoms with Gasteiger partial charge < -0.3 is 9.26 Å². The van der Waals surface area contributed by atoms with E-state index >= 15 is 0 Å². The number of ether oxygens (including phenoxy) is 1. The van der Waals surface area contributed by atoms with Crippen LogP contribution in [0.3, 0.4) is 0 Å². The van der Waals surface area contributed by atoms with E-state index in [-0.39, 0.29) is 6.61 Å². The molecule has 1 aromatic carbocycles. The zero-order chi connectivity index (χ0) is 11.4. The topological polar surface area (TPSA) is 52.3 Å². The molecule has 0 N–H and O–H groups in total. The lowest BCUT2D eigenvalue weighted by atomic mass is 10.1. The van der Waals surface area contributed by atoms with Gasteiger partial charge in [0.2, 0.25) is 0 Å². The predicted molar refractivity (Wildman–Crippen MR) is 57.4 cm³/mol. The Balaban J connectivity index is 2.17. The van der Waals surface area contributed by atoms with Gasteiger partial charge in [0.15, 0.2) is 12.0 Å². The van der Waals surface area contributed by atoms with Crippen LogP contribution in [-0.4, -0.2) is 11.4 Å². The Morgan fingerprint density at radius 1 is 1.44 bits per heavy atom. The molecular formula is C12H11NO3. The second-order valence-corrected chi connectivity index (χ2v) is 3.38. The second kappa shape index (κ2) is 4.61. The van der Waals surface area contributed by atoms with E-state index in [1.807, 2.05) is 19.1 Å². The fourth-order valence-corrected chi connectivity index (χ4v) is 1.43. The molecule has 0 aliphatic rings. The van der Waals surface area contributed by atoms with Crippen LogP contribution in [0.15, 0.2) is 35.0 Å². The second-order valence-electron chi connectivity index (χ2n) is 3.38. The molecule has 82 valence electrons. The molecular weight excluding hydrogens is 206 g/mol. The lowest BCUT2D eigenvalue weighted by Gasteiger charge is -2.09. The molecule has 0 amide bonds. The lowest BCUT2D eigenvalue weighted by molar-refractivity contribution is 0.111. The SMILES string of the molecule is Cc1cccc(C=O)c1OCc1ccno1. The van der Waals surface area contributed by atoms with E-state index in [0.717, 1.165) is 11.8 Å². The summed E-state index contributed by atoms with van der Waals surface area (Å²) < 4.78 is 10.4. The number of rotatable bonds is 4. The summed E-state index contributed by atoms with van der Waals surface area (Å²) in [4.78, 5) is 10.8. The van der Waals surface area contributed by atoms with Gasteiger partial charge in [0.1, 0.15) is 12.4 Å². The monoisotopic (exact) mass is 217 g/mol. The number of benzene rings is 1. The van der Waals surface area contributed by atoms with E-state index in [0.29, 0.717) is 17.1 Å². The van der Waals surface area contributed by atoms with Gasteiger partial charge in [-0.3, -0.25) is 4.79 Å². The standard InChI is InChI=1S/C12H11NO3/c1-9-3-2-4-10(7-14)12(9)15-8-11-5-6-13-16-11/h2-7H,8H2,1H3. The van der Waals surface area contributed by atoms with E-state index in [9.17, 15) is 4.79 Å². The van der Waals surface area contributed by atoms with Gasteiger partial charge in [-0.15, -0.1) is 0 Å². The molecule has 4 nitrogen and oxygen atoms in total. The van der Waals surface area contributed by atoms with Crippen molar-refractivity contribution in [2.75, 3.05) is 0 Å². The highest BCUT2D eigenvalue weighted by Gasteiger charge is 2.07. The normalized spacial score (nSPS) is 10.1. The molecule has 1 aromatic heterocycles. The highest BCUT2D eigenvalue weighted by molar-refractivity contribution is 5.80. The number of aryl methyl sites for hydroxylation is 1. The zero-order valence-corrected chi connectivity index (χ0v) is 8.84. The average Bonchev–Trinajstić information content (AvgIpc) is 2.80. The molecule has 0 radical (unpaired) electrons. The summed E-state index contributed by atoms with van der Waals surface area (Å²) in [6.07, 6.45) is 2.33. The van der Waals surface area contributed by atoms with Gasteiger partial charge in [-0.05, 0) is 18.6 Å². The van der Waals surface area contributed by atoms with Gasteiger partial charge in [-0.25, -0.2) is 0 Å².